The van der Waals surface area contributed by atoms with Crippen LogP contribution in [0, 0.1) is 0 Å². The summed E-state index contributed by atoms with van der Waals surface area (Å²) in [4.78, 5) is 22.7. The van der Waals surface area contributed by atoms with Crippen molar-refractivity contribution in [3.63, 3.8) is 0 Å². The first-order valence-corrected chi connectivity index (χ1v) is 6.56. The van der Waals surface area contributed by atoms with E-state index in [1.165, 1.54) is 6.33 Å². The van der Waals surface area contributed by atoms with Gasteiger partial charge in [0.05, 0.1) is 11.2 Å². The molecule has 0 spiro atoms. The maximum Gasteiger partial charge on any atom is 0.346 e. The van der Waals surface area contributed by atoms with Crippen LogP contribution in [0.4, 0.5) is 17.2 Å². The van der Waals surface area contributed by atoms with Crippen molar-refractivity contribution in [1.82, 2.24) is 9.97 Å². The monoisotopic (exact) mass is 292 g/mol. The number of hydrogen-bond donors (Lipinski definition) is 2. The zero-order valence-corrected chi connectivity index (χ0v) is 11.5. The number of hydrogen-bond acceptors (Lipinski definition) is 5. The molecule has 0 fully saturated rings. The predicted molar refractivity (Wildman–Crippen MR) is 85.1 cm³/mol. The molecule has 2 aromatic carbocycles. The number of anilines is 2. The van der Waals surface area contributed by atoms with Gasteiger partial charge in [-0.15, -0.1) is 0 Å². The molecule has 0 aliphatic rings. The van der Waals surface area contributed by atoms with Crippen molar-refractivity contribution in [3.05, 3.63) is 54.9 Å². The summed E-state index contributed by atoms with van der Waals surface area (Å²) in [5.74, 6) is -0.359. The van der Waals surface area contributed by atoms with Crippen LogP contribution < -0.4 is 5.32 Å². The highest BCUT2D eigenvalue weighted by Gasteiger charge is 2.03. The fraction of sp³-hybridized carbons (Fsp3) is 0. The van der Waals surface area contributed by atoms with Gasteiger partial charge in [-0.25, -0.2) is 19.8 Å². The minimum absolute atomic E-state index is 0.570. The zero-order chi connectivity index (χ0) is 15.4. The molecular formula is C16H12N4O2. The largest absolute Gasteiger partial charge is 0.477 e. The molecule has 3 rings (SSSR count). The van der Waals surface area contributed by atoms with Crippen molar-refractivity contribution >= 4 is 40.3 Å². The SMILES string of the molecule is O=C(O)C=Nc1ccc(Nc2ncnc3ccccc23)cc1. The van der Waals surface area contributed by atoms with Gasteiger partial charge in [0.15, 0.2) is 0 Å². The van der Waals surface area contributed by atoms with Gasteiger partial charge in [0.2, 0.25) is 0 Å². The fourth-order valence-electron chi connectivity index (χ4n) is 2.00. The van der Waals surface area contributed by atoms with Crippen LogP contribution in [0.25, 0.3) is 10.9 Å². The maximum atomic E-state index is 10.4. The number of carbonyl (C=O) groups is 1. The highest BCUT2D eigenvalue weighted by molar-refractivity contribution is 6.22. The van der Waals surface area contributed by atoms with Gasteiger partial charge < -0.3 is 10.4 Å². The van der Waals surface area contributed by atoms with Crippen molar-refractivity contribution in [2.24, 2.45) is 4.99 Å². The predicted octanol–water partition coefficient (Wildman–Crippen LogP) is 3.16. The molecule has 2 N–H and O–H groups in total. The molecule has 6 nitrogen and oxygen atoms in total. The minimum atomic E-state index is -1.07. The van der Waals surface area contributed by atoms with E-state index in [0.717, 1.165) is 22.8 Å². The highest BCUT2D eigenvalue weighted by Crippen LogP contribution is 2.24. The van der Waals surface area contributed by atoms with Crippen LogP contribution in [-0.2, 0) is 4.79 Å². The van der Waals surface area contributed by atoms with Gasteiger partial charge in [0.1, 0.15) is 18.4 Å². The summed E-state index contributed by atoms with van der Waals surface area (Å²) >= 11 is 0. The lowest BCUT2D eigenvalue weighted by Crippen LogP contribution is -1.96. The summed E-state index contributed by atoms with van der Waals surface area (Å²) in [6, 6.07) is 14.8. The molecule has 0 saturated heterocycles. The second kappa shape index (κ2) is 6.01. The van der Waals surface area contributed by atoms with Crippen molar-refractivity contribution in [3.8, 4) is 0 Å². The van der Waals surface area contributed by atoms with Gasteiger partial charge in [-0.05, 0) is 36.4 Å². The normalized spacial score (nSPS) is 10.9. The van der Waals surface area contributed by atoms with Crippen molar-refractivity contribution in [2.75, 3.05) is 5.32 Å². The van der Waals surface area contributed by atoms with Gasteiger partial charge in [-0.1, -0.05) is 12.1 Å². The third kappa shape index (κ3) is 3.06. The van der Waals surface area contributed by atoms with Gasteiger partial charge in [-0.3, -0.25) is 0 Å². The molecule has 6 heteroatoms. The van der Waals surface area contributed by atoms with Crippen LogP contribution in [0.3, 0.4) is 0 Å². The van der Waals surface area contributed by atoms with Crippen LogP contribution in [0.1, 0.15) is 0 Å². The summed E-state index contributed by atoms with van der Waals surface area (Å²) in [6.07, 6.45) is 2.37. The van der Waals surface area contributed by atoms with Crippen molar-refractivity contribution < 1.29 is 9.90 Å². The van der Waals surface area contributed by atoms with Crippen LogP contribution >= 0.6 is 0 Å². The first-order chi connectivity index (χ1) is 10.7. The molecule has 108 valence electrons. The number of fused-ring (bicyclic) bond motifs is 1. The number of para-hydroxylation sites is 1. The number of aromatic nitrogens is 2. The van der Waals surface area contributed by atoms with E-state index in [-0.39, 0.29) is 0 Å². The second-order valence-electron chi connectivity index (χ2n) is 4.51. The zero-order valence-electron chi connectivity index (χ0n) is 11.5. The Balaban J connectivity index is 1.85. The lowest BCUT2D eigenvalue weighted by Gasteiger charge is -2.08. The van der Waals surface area contributed by atoms with Crippen LogP contribution in [0.15, 0.2) is 59.9 Å². The Morgan fingerprint density at radius 2 is 1.86 bits per heavy atom. The number of rotatable bonds is 4. The van der Waals surface area contributed by atoms with Gasteiger partial charge in [0, 0.05) is 11.1 Å². The Kier molecular flexibility index (Phi) is 3.74. The molecule has 0 aliphatic carbocycles. The van der Waals surface area contributed by atoms with Gasteiger partial charge in [0.25, 0.3) is 0 Å². The topological polar surface area (TPSA) is 87.5 Å². The molecule has 0 atom stereocenters. The quantitative estimate of drug-likeness (QED) is 0.721. The van der Waals surface area contributed by atoms with E-state index in [0.29, 0.717) is 11.5 Å². The number of aliphatic carboxylic acids is 1. The Morgan fingerprint density at radius 1 is 1.09 bits per heavy atom. The van der Waals surface area contributed by atoms with Crippen LogP contribution in [-0.4, -0.2) is 27.3 Å². The summed E-state index contributed by atoms with van der Waals surface area (Å²) in [6.45, 7) is 0. The van der Waals surface area contributed by atoms with Crippen LogP contribution in [0.2, 0.25) is 0 Å². The second-order valence-corrected chi connectivity index (χ2v) is 4.51. The van der Waals surface area contributed by atoms with E-state index in [9.17, 15) is 4.79 Å². The fourth-order valence-corrected chi connectivity index (χ4v) is 2.00. The van der Waals surface area contributed by atoms with Crippen molar-refractivity contribution in [1.29, 1.82) is 0 Å². The Labute approximate surface area is 126 Å². The number of benzene rings is 2. The molecule has 0 unspecified atom stereocenters. The molecule has 0 saturated carbocycles. The number of carboxylic acids is 1. The summed E-state index contributed by atoms with van der Waals surface area (Å²) < 4.78 is 0. The molecule has 0 bridgehead atoms. The summed E-state index contributed by atoms with van der Waals surface area (Å²) in [5, 5.41) is 12.7. The van der Waals surface area contributed by atoms with Gasteiger partial charge >= 0.3 is 5.97 Å². The Hall–Kier alpha value is -3.28. The number of carboxylic acid groups (broad SMARTS) is 1. The smallest absolute Gasteiger partial charge is 0.346 e. The van der Waals surface area contributed by atoms with Gasteiger partial charge in [-0.2, -0.15) is 0 Å². The number of nitrogens with zero attached hydrogens (tertiary/aromatic N) is 3. The lowest BCUT2D eigenvalue weighted by atomic mass is 10.2. The van der Waals surface area contributed by atoms with E-state index < -0.39 is 5.97 Å². The average Bonchev–Trinajstić information content (AvgIpc) is 2.54. The first kappa shape index (κ1) is 13.7. The maximum absolute atomic E-state index is 10.4. The molecule has 1 aromatic heterocycles. The standard InChI is InChI=1S/C16H12N4O2/c21-15(22)9-17-11-5-7-12(8-6-11)20-16-13-3-1-2-4-14(13)18-10-19-16/h1-10H,(H,21,22)(H,18,19,20). The summed E-state index contributed by atoms with van der Waals surface area (Å²) in [5.41, 5.74) is 2.27. The average molecular weight is 292 g/mol. The molecular weight excluding hydrogens is 280 g/mol. The highest BCUT2D eigenvalue weighted by atomic mass is 16.4. The molecule has 1 heterocycles. The third-order valence-electron chi connectivity index (χ3n) is 3.00. The van der Waals surface area contributed by atoms with Crippen LogP contribution in [0.5, 0.6) is 0 Å². The first-order valence-electron chi connectivity index (χ1n) is 6.56. The third-order valence-corrected chi connectivity index (χ3v) is 3.00. The van der Waals surface area contributed by atoms with Crippen molar-refractivity contribution in [2.45, 2.75) is 0 Å². The Morgan fingerprint density at radius 3 is 2.64 bits per heavy atom. The van der Waals surface area contributed by atoms with E-state index in [1.807, 2.05) is 36.4 Å². The van der Waals surface area contributed by atoms with E-state index in [1.54, 1.807) is 12.1 Å². The van der Waals surface area contributed by atoms with E-state index in [4.69, 9.17) is 5.11 Å². The van der Waals surface area contributed by atoms with E-state index in [2.05, 4.69) is 20.3 Å². The lowest BCUT2D eigenvalue weighted by molar-refractivity contribution is -0.128. The molecule has 0 aliphatic heterocycles. The summed E-state index contributed by atoms with van der Waals surface area (Å²) in [7, 11) is 0. The molecule has 3 aromatic rings. The van der Waals surface area contributed by atoms with E-state index >= 15 is 0 Å². The molecule has 0 radical (unpaired) electrons. The minimum Gasteiger partial charge on any atom is -0.477 e. The Bertz CT molecular complexity index is 839. The molecule has 22 heavy (non-hydrogen) atoms. The molecule has 0 amide bonds. The number of nitrogens with one attached hydrogen (secondary N) is 1. The number of aliphatic imine (C=N–C) groups is 1.